The van der Waals surface area contributed by atoms with Crippen LogP contribution in [0.2, 0.25) is 0 Å². The number of carbonyl (C=O) groups is 1. The van der Waals surface area contributed by atoms with Gasteiger partial charge in [-0.15, -0.1) is 0 Å². The summed E-state index contributed by atoms with van der Waals surface area (Å²) < 4.78 is 5.91. The first-order valence-corrected chi connectivity index (χ1v) is 24.8. The smallest absolute Gasteiger partial charge is 0.308 e. The SMILES string of the molecule is CCCCCCCCCCCCCCCCC(CCCCCCCCCCCCCCCC)C(=O)OCCCCCCCCCCCCCC(C)C. The molecule has 2 heteroatoms. The lowest BCUT2D eigenvalue weighted by molar-refractivity contribution is -0.149. The molecule has 0 aliphatic heterocycles. The van der Waals surface area contributed by atoms with Crippen LogP contribution in [0.25, 0.3) is 0 Å². The Morgan fingerprint density at radius 3 is 0.827 bits per heavy atom. The van der Waals surface area contributed by atoms with Crippen LogP contribution in [0.15, 0.2) is 0 Å². The Balaban J connectivity index is 4.08. The summed E-state index contributed by atoms with van der Waals surface area (Å²) in [6.45, 7) is 9.92. The Morgan fingerprint density at radius 2 is 0.558 bits per heavy atom. The van der Waals surface area contributed by atoms with Crippen LogP contribution in [-0.4, -0.2) is 12.6 Å². The first-order chi connectivity index (χ1) is 25.6. The quantitative estimate of drug-likeness (QED) is 0.0460. The predicted octanol–water partition coefficient (Wildman–Crippen LogP) is 18.2. The van der Waals surface area contributed by atoms with Gasteiger partial charge in [0.15, 0.2) is 0 Å². The topological polar surface area (TPSA) is 26.3 Å². The van der Waals surface area contributed by atoms with Gasteiger partial charge in [-0.2, -0.15) is 0 Å². The highest BCUT2D eigenvalue weighted by atomic mass is 16.5. The van der Waals surface area contributed by atoms with Gasteiger partial charge in [0.1, 0.15) is 0 Å². The molecule has 0 aliphatic carbocycles. The second-order valence-electron chi connectivity index (χ2n) is 17.7. The van der Waals surface area contributed by atoms with E-state index in [1.54, 1.807) is 0 Å². The monoisotopic (exact) mass is 733 g/mol. The summed E-state index contributed by atoms with van der Waals surface area (Å²) in [4.78, 5) is 13.2. The average molecular weight is 733 g/mol. The second kappa shape index (κ2) is 44.9. The van der Waals surface area contributed by atoms with Gasteiger partial charge in [0.05, 0.1) is 12.5 Å². The molecule has 0 N–H and O–H groups in total. The number of rotatable bonds is 45. The van der Waals surface area contributed by atoms with E-state index in [4.69, 9.17) is 4.74 Å². The molecule has 0 saturated heterocycles. The lowest BCUT2D eigenvalue weighted by Gasteiger charge is -2.16. The fourth-order valence-corrected chi connectivity index (χ4v) is 8.09. The van der Waals surface area contributed by atoms with E-state index in [0.717, 1.165) is 25.2 Å². The van der Waals surface area contributed by atoms with Gasteiger partial charge in [-0.05, 0) is 25.2 Å². The van der Waals surface area contributed by atoms with Gasteiger partial charge >= 0.3 is 5.97 Å². The fraction of sp³-hybridized carbons (Fsp3) is 0.980. The van der Waals surface area contributed by atoms with Gasteiger partial charge in [-0.3, -0.25) is 4.79 Å². The molecular weight excluding hydrogens is 633 g/mol. The van der Waals surface area contributed by atoms with Gasteiger partial charge in [0.25, 0.3) is 0 Å². The lowest BCUT2D eigenvalue weighted by Crippen LogP contribution is -2.18. The molecule has 0 aromatic rings. The van der Waals surface area contributed by atoms with Gasteiger partial charge < -0.3 is 4.74 Å². The van der Waals surface area contributed by atoms with Crippen molar-refractivity contribution in [2.24, 2.45) is 11.8 Å². The van der Waals surface area contributed by atoms with Crippen molar-refractivity contribution in [3.63, 3.8) is 0 Å². The number of hydrogen-bond acceptors (Lipinski definition) is 2. The third kappa shape index (κ3) is 42.2. The molecule has 0 radical (unpaired) electrons. The maximum atomic E-state index is 13.2. The van der Waals surface area contributed by atoms with Crippen molar-refractivity contribution in [3.05, 3.63) is 0 Å². The normalized spacial score (nSPS) is 11.7. The number of carbonyl (C=O) groups excluding carboxylic acids is 1. The molecule has 2 nitrogen and oxygen atoms in total. The molecule has 0 spiro atoms. The third-order valence-corrected chi connectivity index (χ3v) is 11.8. The van der Waals surface area contributed by atoms with Crippen LogP contribution in [0.1, 0.15) is 297 Å². The highest BCUT2D eigenvalue weighted by Gasteiger charge is 2.19. The minimum Gasteiger partial charge on any atom is -0.465 e. The Bertz CT molecular complexity index is 625. The Kier molecular flexibility index (Phi) is 44.4. The van der Waals surface area contributed by atoms with Crippen molar-refractivity contribution in [1.29, 1.82) is 0 Å². The molecule has 0 fully saturated rings. The molecule has 0 atom stereocenters. The average Bonchev–Trinajstić information content (AvgIpc) is 3.14. The van der Waals surface area contributed by atoms with Crippen LogP contribution in [0.3, 0.4) is 0 Å². The third-order valence-electron chi connectivity index (χ3n) is 11.8. The van der Waals surface area contributed by atoms with Crippen LogP contribution in [0, 0.1) is 11.8 Å². The Morgan fingerprint density at radius 1 is 0.327 bits per heavy atom. The summed E-state index contributed by atoms with van der Waals surface area (Å²) in [5, 5.41) is 0. The van der Waals surface area contributed by atoms with Crippen molar-refractivity contribution < 1.29 is 9.53 Å². The fourth-order valence-electron chi connectivity index (χ4n) is 8.09. The van der Waals surface area contributed by atoms with Gasteiger partial charge in [-0.25, -0.2) is 0 Å². The van der Waals surface area contributed by atoms with E-state index >= 15 is 0 Å². The number of unbranched alkanes of at least 4 members (excludes halogenated alkanes) is 36. The highest BCUT2D eigenvalue weighted by molar-refractivity contribution is 5.72. The first-order valence-electron chi connectivity index (χ1n) is 24.8. The van der Waals surface area contributed by atoms with Crippen LogP contribution in [-0.2, 0) is 9.53 Å². The largest absolute Gasteiger partial charge is 0.465 e. The van der Waals surface area contributed by atoms with E-state index < -0.39 is 0 Å². The maximum absolute atomic E-state index is 13.2. The molecule has 0 aromatic carbocycles. The minimum atomic E-state index is 0.123. The van der Waals surface area contributed by atoms with Gasteiger partial charge in [0, 0.05) is 0 Å². The van der Waals surface area contributed by atoms with E-state index in [1.165, 1.54) is 250 Å². The number of ether oxygens (including phenoxy) is 1. The molecule has 0 saturated carbocycles. The Labute approximate surface area is 330 Å². The number of hydrogen-bond donors (Lipinski definition) is 0. The molecule has 0 rings (SSSR count). The predicted molar refractivity (Wildman–Crippen MR) is 235 cm³/mol. The van der Waals surface area contributed by atoms with Crippen LogP contribution in [0.4, 0.5) is 0 Å². The van der Waals surface area contributed by atoms with E-state index in [9.17, 15) is 4.79 Å². The summed E-state index contributed by atoms with van der Waals surface area (Å²) in [7, 11) is 0. The summed E-state index contributed by atoms with van der Waals surface area (Å²) in [6.07, 6.45) is 57.2. The summed E-state index contributed by atoms with van der Waals surface area (Å²) in [5.41, 5.74) is 0. The van der Waals surface area contributed by atoms with E-state index in [-0.39, 0.29) is 11.9 Å². The van der Waals surface area contributed by atoms with E-state index in [1.807, 2.05) is 0 Å². The highest BCUT2D eigenvalue weighted by Crippen LogP contribution is 2.22. The molecule has 312 valence electrons. The molecular formula is C50H100O2. The Hall–Kier alpha value is -0.530. The van der Waals surface area contributed by atoms with Crippen molar-refractivity contribution in [2.75, 3.05) is 6.61 Å². The molecule has 0 aromatic heterocycles. The zero-order chi connectivity index (χ0) is 37.8. The van der Waals surface area contributed by atoms with E-state index in [2.05, 4.69) is 27.7 Å². The molecule has 0 aliphatic rings. The summed E-state index contributed by atoms with van der Waals surface area (Å²) in [6, 6.07) is 0. The molecule has 0 unspecified atom stereocenters. The maximum Gasteiger partial charge on any atom is 0.308 e. The first kappa shape index (κ1) is 51.5. The van der Waals surface area contributed by atoms with Crippen LogP contribution >= 0.6 is 0 Å². The lowest BCUT2D eigenvalue weighted by atomic mass is 9.94. The molecule has 0 heterocycles. The summed E-state index contributed by atoms with van der Waals surface area (Å²) in [5.74, 6) is 1.13. The second-order valence-corrected chi connectivity index (χ2v) is 17.7. The van der Waals surface area contributed by atoms with Crippen LogP contribution in [0.5, 0.6) is 0 Å². The van der Waals surface area contributed by atoms with Crippen molar-refractivity contribution in [3.8, 4) is 0 Å². The standard InChI is InChI=1S/C50H100O2/c1-5-7-9-11-13-15-17-19-21-25-29-33-37-41-45-49(46-42-38-34-30-26-22-20-18-16-14-12-10-8-6-2)50(51)52-47-43-39-35-31-27-23-24-28-32-36-40-44-48(3)4/h48-49H,5-47H2,1-4H3. The van der Waals surface area contributed by atoms with Gasteiger partial charge in [-0.1, -0.05) is 278 Å². The zero-order valence-electron chi connectivity index (χ0n) is 36.9. The van der Waals surface area contributed by atoms with Crippen molar-refractivity contribution in [2.45, 2.75) is 297 Å². The number of esters is 1. The van der Waals surface area contributed by atoms with Gasteiger partial charge in [0.2, 0.25) is 0 Å². The molecule has 52 heavy (non-hydrogen) atoms. The van der Waals surface area contributed by atoms with Crippen LogP contribution < -0.4 is 0 Å². The minimum absolute atomic E-state index is 0.123. The van der Waals surface area contributed by atoms with Crippen molar-refractivity contribution in [1.82, 2.24) is 0 Å². The molecule has 0 bridgehead atoms. The van der Waals surface area contributed by atoms with E-state index in [0.29, 0.717) is 6.61 Å². The molecule has 0 amide bonds. The zero-order valence-corrected chi connectivity index (χ0v) is 36.9. The van der Waals surface area contributed by atoms with Crippen molar-refractivity contribution >= 4 is 5.97 Å². The summed E-state index contributed by atoms with van der Waals surface area (Å²) >= 11 is 0.